The Balaban J connectivity index is 3.39. The van der Waals surface area contributed by atoms with Crippen LogP contribution in [0.25, 0.3) is 0 Å². The Hall–Kier alpha value is -0.220. The van der Waals surface area contributed by atoms with Gasteiger partial charge in [0.05, 0.1) is 11.1 Å². The normalized spacial score (nSPS) is 13.6. The van der Waals surface area contributed by atoms with Crippen molar-refractivity contribution in [3.63, 3.8) is 0 Å². The number of hydrogen-bond donors (Lipinski definition) is 1. The minimum Gasteiger partial charge on any atom is -0.481 e. The highest BCUT2D eigenvalue weighted by Gasteiger charge is 2.06. The Morgan fingerprint density at radius 2 is 2.20 bits per heavy atom. The molecule has 0 heterocycles. The van der Waals surface area contributed by atoms with Crippen molar-refractivity contribution in [2.75, 3.05) is 19.8 Å². The van der Waals surface area contributed by atoms with E-state index < -0.39 is 5.97 Å². The Labute approximate surface area is 65.4 Å². The first-order chi connectivity index (χ1) is 4.54. The van der Waals surface area contributed by atoms with Crippen molar-refractivity contribution in [1.29, 1.82) is 0 Å². The molecule has 0 radical (unpaired) electrons. The fourth-order valence-corrected chi connectivity index (χ4v) is 1.02. The van der Waals surface area contributed by atoms with Gasteiger partial charge in [0.2, 0.25) is 0 Å². The molecule has 0 saturated carbocycles. The van der Waals surface area contributed by atoms with Crippen molar-refractivity contribution in [1.82, 2.24) is 4.90 Å². The summed E-state index contributed by atoms with van der Waals surface area (Å²) in [5.41, 5.74) is 0. The van der Waals surface area contributed by atoms with E-state index in [0.29, 0.717) is 0 Å². The third kappa shape index (κ3) is 4.64. The van der Waals surface area contributed by atoms with Crippen LogP contribution in [0.3, 0.4) is 0 Å². The van der Waals surface area contributed by atoms with Crippen LogP contribution < -0.4 is 0 Å². The average Bonchev–Trinajstić information content (AvgIpc) is 1.82. The van der Waals surface area contributed by atoms with E-state index in [4.69, 9.17) is 5.11 Å². The third-order valence-electron chi connectivity index (χ3n) is 1.18. The van der Waals surface area contributed by atoms with Crippen molar-refractivity contribution < 1.29 is 9.90 Å². The molecule has 0 bridgehead atoms. The molecule has 1 atom stereocenters. The smallest absolute Gasteiger partial charge is 0.313 e. The number of thioether (sulfide) groups is 1. The number of aliphatic carboxylic acids is 1. The topological polar surface area (TPSA) is 40.5 Å². The number of nitrogens with zero attached hydrogens (tertiary/aromatic N) is 1. The van der Waals surface area contributed by atoms with Crippen LogP contribution in [-0.4, -0.2) is 41.2 Å². The fourth-order valence-electron chi connectivity index (χ4n) is 0.341. The molecule has 0 rings (SSSR count). The second kappa shape index (κ2) is 4.57. The number of carboxylic acids is 1. The monoisotopic (exact) mass is 163 g/mol. The summed E-state index contributed by atoms with van der Waals surface area (Å²) in [6, 6.07) is 0. The summed E-state index contributed by atoms with van der Waals surface area (Å²) in [6.45, 7) is 1.98. The molecule has 0 aromatic carbocycles. The van der Waals surface area contributed by atoms with Gasteiger partial charge in [0.15, 0.2) is 0 Å². The van der Waals surface area contributed by atoms with Crippen molar-refractivity contribution in [2.45, 2.75) is 12.3 Å². The van der Waals surface area contributed by atoms with Gasteiger partial charge in [-0.3, -0.25) is 9.69 Å². The van der Waals surface area contributed by atoms with E-state index in [1.165, 1.54) is 11.8 Å². The minimum atomic E-state index is -0.751. The zero-order valence-electron chi connectivity index (χ0n) is 6.50. The maximum absolute atomic E-state index is 10.1. The highest BCUT2D eigenvalue weighted by molar-refractivity contribution is 8.00. The molecule has 0 amide bonds. The van der Waals surface area contributed by atoms with E-state index in [1.807, 2.05) is 25.9 Å². The van der Waals surface area contributed by atoms with E-state index in [2.05, 4.69) is 0 Å². The van der Waals surface area contributed by atoms with Gasteiger partial charge < -0.3 is 5.11 Å². The molecule has 0 aromatic heterocycles. The van der Waals surface area contributed by atoms with Gasteiger partial charge in [-0.15, -0.1) is 11.8 Å². The van der Waals surface area contributed by atoms with Crippen LogP contribution in [0.15, 0.2) is 0 Å². The maximum Gasteiger partial charge on any atom is 0.313 e. The fraction of sp³-hybridized carbons (Fsp3) is 0.833. The highest BCUT2D eigenvalue weighted by atomic mass is 32.2. The lowest BCUT2D eigenvalue weighted by Gasteiger charge is -2.17. The van der Waals surface area contributed by atoms with Gasteiger partial charge in [0.1, 0.15) is 0 Å². The van der Waals surface area contributed by atoms with Crippen LogP contribution in [0.1, 0.15) is 6.92 Å². The second-order valence-electron chi connectivity index (χ2n) is 2.27. The first-order valence-electron chi connectivity index (χ1n) is 3.04. The molecule has 0 aliphatic rings. The Kier molecular flexibility index (Phi) is 4.47. The molecular weight excluding hydrogens is 150 g/mol. The van der Waals surface area contributed by atoms with Crippen molar-refractivity contribution in [3.8, 4) is 0 Å². The molecule has 60 valence electrons. The van der Waals surface area contributed by atoms with E-state index in [0.717, 1.165) is 0 Å². The lowest BCUT2D eigenvalue weighted by atomic mass is 10.7. The molecular formula is C6H13NO2S. The predicted octanol–water partition coefficient (Wildman–Crippen LogP) is 0.712. The molecule has 0 aliphatic carbocycles. The molecule has 0 aliphatic heterocycles. The summed E-state index contributed by atoms with van der Waals surface area (Å²) in [5, 5.41) is 8.58. The van der Waals surface area contributed by atoms with E-state index in [9.17, 15) is 4.79 Å². The second-order valence-corrected chi connectivity index (χ2v) is 3.57. The quantitative estimate of drug-likeness (QED) is 0.620. The summed E-state index contributed by atoms with van der Waals surface area (Å²) in [4.78, 5) is 12.1. The van der Waals surface area contributed by atoms with Crippen LogP contribution >= 0.6 is 11.8 Å². The van der Waals surface area contributed by atoms with Gasteiger partial charge in [0, 0.05) is 0 Å². The first-order valence-corrected chi connectivity index (χ1v) is 4.08. The SMILES string of the molecule is CC(SCC(=O)O)N(C)C. The van der Waals surface area contributed by atoms with Gasteiger partial charge in [0.25, 0.3) is 0 Å². The molecule has 0 saturated heterocycles. The summed E-state index contributed by atoms with van der Waals surface area (Å²) in [5.74, 6) is -0.571. The van der Waals surface area contributed by atoms with Gasteiger partial charge >= 0.3 is 5.97 Å². The van der Waals surface area contributed by atoms with Gasteiger partial charge in [-0.05, 0) is 21.0 Å². The zero-order chi connectivity index (χ0) is 8.15. The van der Waals surface area contributed by atoms with E-state index in [1.54, 1.807) is 0 Å². The molecule has 4 heteroatoms. The maximum atomic E-state index is 10.1. The summed E-state index contributed by atoms with van der Waals surface area (Å²) in [6.07, 6.45) is 0. The Bertz CT molecular complexity index is 116. The van der Waals surface area contributed by atoms with Gasteiger partial charge in [-0.1, -0.05) is 0 Å². The lowest BCUT2D eigenvalue weighted by molar-refractivity contribution is -0.133. The molecule has 1 N–H and O–H groups in total. The first kappa shape index (κ1) is 9.78. The van der Waals surface area contributed by atoms with Crippen LogP contribution in [0.4, 0.5) is 0 Å². The number of carbonyl (C=O) groups is 1. The van der Waals surface area contributed by atoms with Crippen LogP contribution in [0, 0.1) is 0 Å². The summed E-state index contributed by atoms with van der Waals surface area (Å²) >= 11 is 1.42. The molecule has 10 heavy (non-hydrogen) atoms. The third-order valence-corrected chi connectivity index (χ3v) is 2.49. The van der Waals surface area contributed by atoms with Gasteiger partial charge in [-0.2, -0.15) is 0 Å². The standard InChI is InChI=1S/C6H13NO2S/c1-5(7(2)3)10-4-6(8)9/h5H,4H2,1-3H3,(H,8,9). The summed E-state index contributed by atoms with van der Waals surface area (Å²) in [7, 11) is 3.86. The molecule has 1 unspecified atom stereocenters. The van der Waals surface area contributed by atoms with Crippen molar-refractivity contribution in [3.05, 3.63) is 0 Å². The molecule has 0 fully saturated rings. The van der Waals surface area contributed by atoms with Crippen molar-refractivity contribution in [2.24, 2.45) is 0 Å². The van der Waals surface area contributed by atoms with Crippen LogP contribution in [-0.2, 0) is 4.79 Å². The Morgan fingerprint density at radius 1 is 1.70 bits per heavy atom. The zero-order valence-corrected chi connectivity index (χ0v) is 7.31. The van der Waals surface area contributed by atoms with E-state index >= 15 is 0 Å². The lowest BCUT2D eigenvalue weighted by Crippen LogP contribution is -2.22. The average molecular weight is 163 g/mol. The Morgan fingerprint density at radius 3 is 2.50 bits per heavy atom. The van der Waals surface area contributed by atoms with Gasteiger partial charge in [-0.25, -0.2) is 0 Å². The number of rotatable bonds is 4. The molecule has 3 nitrogen and oxygen atoms in total. The molecule has 0 spiro atoms. The van der Waals surface area contributed by atoms with Crippen LogP contribution in [0.5, 0.6) is 0 Å². The number of hydrogen-bond acceptors (Lipinski definition) is 3. The predicted molar refractivity (Wildman–Crippen MR) is 43.2 cm³/mol. The summed E-state index contributed by atoms with van der Waals surface area (Å²) < 4.78 is 0. The van der Waals surface area contributed by atoms with Crippen molar-refractivity contribution >= 4 is 17.7 Å². The molecule has 0 aromatic rings. The largest absolute Gasteiger partial charge is 0.481 e. The highest BCUT2D eigenvalue weighted by Crippen LogP contribution is 2.10. The van der Waals surface area contributed by atoms with E-state index in [-0.39, 0.29) is 11.1 Å². The minimum absolute atomic E-state index is 0.180. The number of carboxylic acid groups (broad SMARTS) is 1. The van der Waals surface area contributed by atoms with Crippen LogP contribution in [0.2, 0.25) is 0 Å².